The number of halogens is 1. The summed E-state index contributed by atoms with van der Waals surface area (Å²) in [6.07, 6.45) is 0.799. The van der Waals surface area contributed by atoms with Gasteiger partial charge >= 0.3 is 0 Å². The van der Waals surface area contributed by atoms with E-state index in [1.54, 1.807) is 6.92 Å². The van der Waals surface area contributed by atoms with Crippen LogP contribution < -0.4 is 10.5 Å². The van der Waals surface area contributed by atoms with Crippen LogP contribution in [0.4, 0.5) is 10.1 Å². The molecule has 0 radical (unpaired) electrons. The lowest BCUT2D eigenvalue weighted by Crippen LogP contribution is -2.32. The summed E-state index contributed by atoms with van der Waals surface area (Å²) >= 11 is 0. The SMILES string of the molecule is Cc1cc(F)c(S(=O)(=O)NCC2CCOC2C)cc1N. The maximum atomic E-state index is 13.8. The van der Waals surface area contributed by atoms with Gasteiger partial charge in [0, 0.05) is 24.8 Å². The van der Waals surface area contributed by atoms with Crippen LogP contribution >= 0.6 is 0 Å². The van der Waals surface area contributed by atoms with E-state index in [0.717, 1.165) is 18.6 Å². The first-order valence-corrected chi connectivity index (χ1v) is 7.96. The van der Waals surface area contributed by atoms with Gasteiger partial charge in [-0.15, -0.1) is 0 Å². The van der Waals surface area contributed by atoms with E-state index in [9.17, 15) is 12.8 Å². The molecule has 1 aliphatic heterocycles. The molecule has 0 spiro atoms. The van der Waals surface area contributed by atoms with Crippen LogP contribution in [0.2, 0.25) is 0 Å². The molecule has 1 aromatic carbocycles. The Morgan fingerprint density at radius 2 is 2.20 bits per heavy atom. The number of sulfonamides is 1. The minimum Gasteiger partial charge on any atom is -0.398 e. The zero-order chi connectivity index (χ0) is 14.9. The quantitative estimate of drug-likeness (QED) is 0.824. The first-order valence-electron chi connectivity index (χ1n) is 6.48. The predicted octanol–water partition coefficient (Wildman–Crippen LogP) is 1.42. The van der Waals surface area contributed by atoms with Gasteiger partial charge in [-0.1, -0.05) is 0 Å². The zero-order valence-electron chi connectivity index (χ0n) is 11.5. The van der Waals surface area contributed by atoms with E-state index in [1.165, 1.54) is 0 Å². The summed E-state index contributed by atoms with van der Waals surface area (Å²) in [5, 5.41) is 0. The largest absolute Gasteiger partial charge is 0.398 e. The molecule has 1 fully saturated rings. The third-order valence-corrected chi connectivity index (χ3v) is 5.12. The van der Waals surface area contributed by atoms with Gasteiger partial charge in [0.05, 0.1) is 6.10 Å². The van der Waals surface area contributed by atoms with E-state index in [1.807, 2.05) is 6.92 Å². The monoisotopic (exact) mass is 302 g/mol. The molecule has 5 nitrogen and oxygen atoms in total. The van der Waals surface area contributed by atoms with Crippen LogP contribution in [-0.4, -0.2) is 27.7 Å². The molecule has 1 saturated heterocycles. The highest BCUT2D eigenvalue weighted by Crippen LogP contribution is 2.23. The second kappa shape index (κ2) is 5.67. The van der Waals surface area contributed by atoms with Gasteiger partial charge in [-0.2, -0.15) is 0 Å². The summed E-state index contributed by atoms with van der Waals surface area (Å²) in [5.41, 5.74) is 6.41. The molecule has 0 bridgehead atoms. The molecule has 2 unspecified atom stereocenters. The van der Waals surface area contributed by atoms with Crippen molar-refractivity contribution in [3.05, 3.63) is 23.5 Å². The fraction of sp³-hybridized carbons (Fsp3) is 0.538. The van der Waals surface area contributed by atoms with Crippen LogP contribution in [0.1, 0.15) is 18.9 Å². The Labute approximate surface area is 118 Å². The molecule has 0 aliphatic carbocycles. The minimum absolute atomic E-state index is 0.00522. The van der Waals surface area contributed by atoms with Gasteiger partial charge in [0.1, 0.15) is 10.7 Å². The summed E-state index contributed by atoms with van der Waals surface area (Å²) < 4.78 is 45.9. The number of hydrogen-bond donors (Lipinski definition) is 2. The average molecular weight is 302 g/mol. The molecule has 20 heavy (non-hydrogen) atoms. The van der Waals surface area contributed by atoms with Crippen molar-refractivity contribution in [2.75, 3.05) is 18.9 Å². The van der Waals surface area contributed by atoms with Crippen molar-refractivity contribution >= 4 is 15.7 Å². The third kappa shape index (κ3) is 3.11. The van der Waals surface area contributed by atoms with Crippen LogP contribution in [0.25, 0.3) is 0 Å². The maximum Gasteiger partial charge on any atom is 0.243 e. The van der Waals surface area contributed by atoms with E-state index in [0.29, 0.717) is 12.2 Å². The van der Waals surface area contributed by atoms with Crippen molar-refractivity contribution in [3.63, 3.8) is 0 Å². The van der Waals surface area contributed by atoms with Gasteiger partial charge in [-0.25, -0.2) is 17.5 Å². The third-order valence-electron chi connectivity index (χ3n) is 3.68. The first-order chi connectivity index (χ1) is 9.31. The second-order valence-corrected chi connectivity index (χ2v) is 6.85. The van der Waals surface area contributed by atoms with Crippen LogP contribution in [0, 0.1) is 18.7 Å². The Hall–Kier alpha value is -1.18. The smallest absolute Gasteiger partial charge is 0.243 e. The second-order valence-electron chi connectivity index (χ2n) is 5.12. The maximum absolute atomic E-state index is 13.8. The van der Waals surface area contributed by atoms with Gasteiger partial charge in [0.15, 0.2) is 0 Å². The van der Waals surface area contributed by atoms with Crippen molar-refractivity contribution in [2.45, 2.75) is 31.3 Å². The Morgan fingerprint density at radius 1 is 1.50 bits per heavy atom. The standard InChI is InChI=1S/C13H19FN2O3S/c1-8-5-11(14)13(6-12(8)15)20(17,18)16-7-10-3-4-19-9(10)2/h5-6,9-10,16H,3-4,7,15H2,1-2H3. The molecular weight excluding hydrogens is 283 g/mol. The van der Waals surface area contributed by atoms with Crippen molar-refractivity contribution in [2.24, 2.45) is 5.92 Å². The zero-order valence-corrected chi connectivity index (χ0v) is 12.3. The highest BCUT2D eigenvalue weighted by molar-refractivity contribution is 7.89. The van der Waals surface area contributed by atoms with E-state index < -0.39 is 20.7 Å². The fourth-order valence-corrected chi connectivity index (χ4v) is 3.40. The Kier molecular flexibility index (Phi) is 4.31. The van der Waals surface area contributed by atoms with Crippen LogP contribution in [0.5, 0.6) is 0 Å². The summed E-state index contributed by atoms with van der Waals surface area (Å²) in [5.74, 6) is -0.685. The summed E-state index contributed by atoms with van der Waals surface area (Å²) in [6, 6.07) is 2.28. The summed E-state index contributed by atoms with van der Waals surface area (Å²) in [4.78, 5) is -0.410. The highest BCUT2D eigenvalue weighted by atomic mass is 32.2. The van der Waals surface area contributed by atoms with Gasteiger partial charge in [-0.05, 0) is 38.0 Å². The van der Waals surface area contributed by atoms with E-state index >= 15 is 0 Å². The molecule has 3 N–H and O–H groups in total. The molecule has 2 rings (SSSR count). The molecule has 7 heteroatoms. The topological polar surface area (TPSA) is 81.4 Å². The van der Waals surface area contributed by atoms with Crippen LogP contribution in [-0.2, 0) is 14.8 Å². The van der Waals surface area contributed by atoms with Gasteiger partial charge in [0.25, 0.3) is 0 Å². The molecule has 2 atom stereocenters. The normalized spacial score (nSPS) is 23.1. The van der Waals surface area contributed by atoms with Crippen molar-refractivity contribution in [1.82, 2.24) is 4.72 Å². The van der Waals surface area contributed by atoms with Gasteiger partial charge in [-0.3, -0.25) is 0 Å². The number of nitrogens with two attached hydrogens (primary N) is 1. The van der Waals surface area contributed by atoms with Crippen molar-refractivity contribution in [1.29, 1.82) is 0 Å². The lowest BCUT2D eigenvalue weighted by Gasteiger charge is -2.15. The number of rotatable bonds is 4. The Balaban J connectivity index is 2.16. The van der Waals surface area contributed by atoms with Gasteiger partial charge in [0.2, 0.25) is 10.0 Å². The number of nitrogen functional groups attached to an aromatic ring is 1. The molecule has 1 aliphatic rings. The van der Waals surface area contributed by atoms with Crippen LogP contribution in [0.3, 0.4) is 0 Å². The molecule has 1 aromatic rings. The molecule has 1 heterocycles. The average Bonchev–Trinajstić information content (AvgIpc) is 2.77. The van der Waals surface area contributed by atoms with Crippen molar-refractivity contribution in [3.8, 4) is 0 Å². The summed E-state index contributed by atoms with van der Waals surface area (Å²) in [6.45, 7) is 4.38. The fourth-order valence-electron chi connectivity index (χ4n) is 2.21. The molecule has 0 saturated carbocycles. The molecule has 0 aromatic heterocycles. The Morgan fingerprint density at radius 3 is 2.80 bits per heavy atom. The Bertz CT molecular complexity index is 604. The number of hydrogen-bond acceptors (Lipinski definition) is 4. The number of nitrogens with one attached hydrogen (secondary N) is 1. The van der Waals surface area contributed by atoms with Crippen LogP contribution in [0.15, 0.2) is 17.0 Å². The number of benzene rings is 1. The lowest BCUT2D eigenvalue weighted by atomic mass is 10.0. The van der Waals surface area contributed by atoms with E-state index in [4.69, 9.17) is 10.5 Å². The molecule has 0 amide bonds. The first kappa shape index (κ1) is 15.2. The van der Waals surface area contributed by atoms with E-state index in [2.05, 4.69) is 4.72 Å². The number of aryl methyl sites for hydroxylation is 1. The van der Waals surface area contributed by atoms with Gasteiger partial charge < -0.3 is 10.5 Å². The summed E-state index contributed by atoms with van der Waals surface area (Å²) in [7, 11) is -3.90. The lowest BCUT2D eigenvalue weighted by molar-refractivity contribution is 0.107. The van der Waals surface area contributed by atoms with Crippen molar-refractivity contribution < 1.29 is 17.5 Å². The van der Waals surface area contributed by atoms with E-state index in [-0.39, 0.29) is 24.3 Å². The number of ether oxygens (including phenoxy) is 1. The minimum atomic E-state index is -3.90. The molecule has 112 valence electrons. The molecular formula is C13H19FN2O3S. The predicted molar refractivity (Wildman–Crippen MR) is 74.3 cm³/mol. The highest BCUT2D eigenvalue weighted by Gasteiger charge is 2.27. The number of anilines is 1.